The lowest BCUT2D eigenvalue weighted by atomic mass is 10.1. The molecule has 0 atom stereocenters. The molecule has 122 valence electrons. The smallest absolute Gasteiger partial charge is 0.277 e. The lowest BCUT2D eigenvalue weighted by molar-refractivity contribution is -0.113. The van der Waals surface area contributed by atoms with Crippen molar-refractivity contribution >= 4 is 23.4 Å². The van der Waals surface area contributed by atoms with Crippen LogP contribution in [0.3, 0.4) is 0 Å². The van der Waals surface area contributed by atoms with E-state index in [0.717, 1.165) is 17.7 Å². The molecule has 0 saturated carbocycles. The van der Waals surface area contributed by atoms with Gasteiger partial charge in [-0.05, 0) is 36.2 Å². The van der Waals surface area contributed by atoms with Crippen LogP contribution in [0.4, 0.5) is 5.69 Å². The zero-order valence-electron chi connectivity index (χ0n) is 13.1. The number of thioether (sulfide) groups is 1. The van der Waals surface area contributed by atoms with Gasteiger partial charge in [-0.25, -0.2) is 0 Å². The van der Waals surface area contributed by atoms with E-state index in [-0.39, 0.29) is 11.7 Å². The van der Waals surface area contributed by atoms with Gasteiger partial charge >= 0.3 is 0 Å². The van der Waals surface area contributed by atoms with Crippen molar-refractivity contribution in [2.24, 2.45) is 0 Å². The van der Waals surface area contributed by atoms with E-state index in [1.54, 1.807) is 24.5 Å². The molecule has 2 aromatic heterocycles. The van der Waals surface area contributed by atoms with Crippen molar-refractivity contribution < 1.29 is 9.21 Å². The first-order valence-corrected chi connectivity index (χ1v) is 8.48. The van der Waals surface area contributed by atoms with Crippen molar-refractivity contribution in [3.05, 3.63) is 54.4 Å². The van der Waals surface area contributed by atoms with Gasteiger partial charge in [-0.15, -0.1) is 10.2 Å². The van der Waals surface area contributed by atoms with Crippen LogP contribution in [0.1, 0.15) is 12.5 Å². The van der Waals surface area contributed by atoms with Crippen molar-refractivity contribution in [3.8, 4) is 11.5 Å². The van der Waals surface area contributed by atoms with Gasteiger partial charge in [0, 0.05) is 23.6 Å². The number of nitrogens with zero attached hydrogens (tertiary/aromatic N) is 3. The monoisotopic (exact) mass is 340 g/mol. The molecule has 3 aromatic rings. The lowest BCUT2D eigenvalue weighted by Crippen LogP contribution is -2.13. The van der Waals surface area contributed by atoms with Gasteiger partial charge in [-0.2, -0.15) is 0 Å². The number of aromatic nitrogens is 3. The second-order valence-electron chi connectivity index (χ2n) is 5.00. The van der Waals surface area contributed by atoms with Crippen molar-refractivity contribution in [2.75, 3.05) is 11.1 Å². The van der Waals surface area contributed by atoms with Crippen LogP contribution in [0.5, 0.6) is 0 Å². The Morgan fingerprint density at radius 2 is 1.88 bits per heavy atom. The summed E-state index contributed by atoms with van der Waals surface area (Å²) in [5.41, 5.74) is 2.81. The van der Waals surface area contributed by atoms with Crippen LogP contribution in [-0.4, -0.2) is 26.8 Å². The SMILES string of the molecule is CCc1ccc(NC(=O)CSc2nnc(-c3ccncc3)o2)cc1. The maximum Gasteiger partial charge on any atom is 0.277 e. The molecular formula is C17H16N4O2S. The Hall–Kier alpha value is -2.67. The number of amides is 1. The summed E-state index contributed by atoms with van der Waals surface area (Å²) in [7, 11) is 0. The minimum absolute atomic E-state index is 0.118. The first-order chi connectivity index (χ1) is 11.7. The van der Waals surface area contributed by atoms with E-state index in [9.17, 15) is 4.79 Å². The molecule has 0 unspecified atom stereocenters. The Bertz CT molecular complexity index is 803. The zero-order chi connectivity index (χ0) is 16.8. The van der Waals surface area contributed by atoms with Crippen LogP contribution in [-0.2, 0) is 11.2 Å². The number of anilines is 1. The number of pyridine rings is 1. The Labute approximate surface area is 143 Å². The molecule has 7 heteroatoms. The highest BCUT2D eigenvalue weighted by molar-refractivity contribution is 7.99. The van der Waals surface area contributed by atoms with Crippen molar-refractivity contribution in [1.82, 2.24) is 15.2 Å². The average Bonchev–Trinajstić information content (AvgIpc) is 3.10. The number of benzene rings is 1. The maximum atomic E-state index is 12.0. The van der Waals surface area contributed by atoms with E-state index in [4.69, 9.17) is 4.42 Å². The predicted octanol–water partition coefficient (Wildman–Crippen LogP) is 3.42. The molecule has 0 bridgehead atoms. The second kappa shape index (κ2) is 7.74. The third kappa shape index (κ3) is 4.20. The van der Waals surface area contributed by atoms with Crippen molar-refractivity contribution in [2.45, 2.75) is 18.6 Å². The number of hydrogen-bond acceptors (Lipinski definition) is 6. The summed E-state index contributed by atoms with van der Waals surface area (Å²) in [4.78, 5) is 15.9. The van der Waals surface area contributed by atoms with E-state index in [2.05, 4.69) is 27.4 Å². The maximum absolute atomic E-state index is 12.0. The highest BCUT2D eigenvalue weighted by atomic mass is 32.2. The fourth-order valence-electron chi connectivity index (χ4n) is 2.03. The summed E-state index contributed by atoms with van der Waals surface area (Å²) in [6.45, 7) is 2.09. The van der Waals surface area contributed by atoms with Crippen LogP contribution in [0.25, 0.3) is 11.5 Å². The van der Waals surface area contributed by atoms with Crippen LogP contribution in [0.15, 0.2) is 58.4 Å². The molecule has 6 nitrogen and oxygen atoms in total. The summed E-state index contributed by atoms with van der Waals surface area (Å²) >= 11 is 1.20. The number of hydrogen-bond donors (Lipinski definition) is 1. The molecule has 1 aromatic carbocycles. The molecule has 0 radical (unpaired) electrons. The van der Waals surface area contributed by atoms with Gasteiger partial charge in [-0.1, -0.05) is 30.8 Å². The largest absolute Gasteiger partial charge is 0.411 e. The Morgan fingerprint density at radius 1 is 1.12 bits per heavy atom. The highest BCUT2D eigenvalue weighted by Gasteiger charge is 2.11. The molecule has 0 spiro atoms. The molecule has 0 fully saturated rings. The standard InChI is InChI=1S/C17H16N4O2S/c1-2-12-3-5-14(6-4-12)19-15(22)11-24-17-21-20-16(23-17)13-7-9-18-10-8-13/h3-10H,2,11H2,1H3,(H,19,22). The molecule has 2 heterocycles. The van der Waals surface area contributed by atoms with Gasteiger partial charge in [0.05, 0.1) is 5.75 Å². The number of carbonyl (C=O) groups excluding carboxylic acids is 1. The third-order valence-corrected chi connectivity index (χ3v) is 4.12. The van der Waals surface area contributed by atoms with Crippen LogP contribution in [0.2, 0.25) is 0 Å². The van der Waals surface area contributed by atoms with Gasteiger partial charge in [0.2, 0.25) is 11.8 Å². The number of rotatable bonds is 6. The van der Waals surface area contributed by atoms with Gasteiger partial charge in [0.15, 0.2) is 0 Å². The van der Waals surface area contributed by atoms with Crippen LogP contribution >= 0.6 is 11.8 Å². The summed E-state index contributed by atoms with van der Waals surface area (Å²) < 4.78 is 5.53. The quantitative estimate of drug-likeness (QED) is 0.693. The fourth-order valence-corrected chi connectivity index (χ4v) is 2.59. The van der Waals surface area contributed by atoms with E-state index in [0.29, 0.717) is 11.1 Å². The number of carbonyl (C=O) groups is 1. The minimum Gasteiger partial charge on any atom is -0.411 e. The molecule has 1 N–H and O–H groups in total. The van der Waals surface area contributed by atoms with Gasteiger partial charge in [0.25, 0.3) is 5.22 Å². The molecule has 3 rings (SSSR count). The lowest BCUT2D eigenvalue weighted by Gasteiger charge is -2.04. The first-order valence-electron chi connectivity index (χ1n) is 7.50. The van der Waals surface area contributed by atoms with E-state index in [1.807, 2.05) is 24.3 Å². The molecule has 0 aliphatic heterocycles. The van der Waals surface area contributed by atoms with Gasteiger partial charge in [-0.3, -0.25) is 9.78 Å². The Kier molecular flexibility index (Phi) is 5.22. The Balaban J connectivity index is 1.53. The highest BCUT2D eigenvalue weighted by Crippen LogP contribution is 2.22. The Morgan fingerprint density at radius 3 is 2.58 bits per heavy atom. The topological polar surface area (TPSA) is 80.9 Å². The minimum atomic E-state index is -0.118. The summed E-state index contributed by atoms with van der Waals surface area (Å²) in [6.07, 6.45) is 4.29. The average molecular weight is 340 g/mol. The predicted molar refractivity (Wildman–Crippen MR) is 92.7 cm³/mol. The summed E-state index contributed by atoms with van der Waals surface area (Å²) in [5, 5.41) is 11.1. The second-order valence-corrected chi connectivity index (χ2v) is 5.92. The van der Waals surface area contributed by atoms with Gasteiger partial charge < -0.3 is 9.73 Å². The summed E-state index contributed by atoms with van der Waals surface area (Å²) in [5.74, 6) is 0.497. The van der Waals surface area contributed by atoms with Crippen LogP contribution < -0.4 is 5.32 Å². The summed E-state index contributed by atoms with van der Waals surface area (Å²) in [6, 6.07) is 11.4. The van der Waals surface area contributed by atoms with Gasteiger partial charge in [0.1, 0.15) is 0 Å². The molecule has 24 heavy (non-hydrogen) atoms. The van der Waals surface area contributed by atoms with Crippen LogP contribution in [0, 0.1) is 0 Å². The fraction of sp³-hybridized carbons (Fsp3) is 0.176. The van der Waals surface area contributed by atoms with E-state index < -0.39 is 0 Å². The molecule has 0 aliphatic rings. The molecule has 0 saturated heterocycles. The van der Waals surface area contributed by atoms with Crippen molar-refractivity contribution in [1.29, 1.82) is 0 Å². The van der Waals surface area contributed by atoms with E-state index in [1.165, 1.54) is 17.3 Å². The molecule has 1 amide bonds. The van der Waals surface area contributed by atoms with E-state index >= 15 is 0 Å². The molecule has 0 aliphatic carbocycles. The normalized spacial score (nSPS) is 10.5. The third-order valence-electron chi connectivity index (χ3n) is 3.31. The van der Waals surface area contributed by atoms with Crippen molar-refractivity contribution in [3.63, 3.8) is 0 Å². The number of aryl methyl sites for hydroxylation is 1. The number of nitrogens with one attached hydrogen (secondary N) is 1. The zero-order valence-corrected chi connectivity index (χ0v) is 13.9. The first kappa shape index (κ1) is 16.2. The molecular weight excluding hydrogens is 324 g/mol.